The maximum atomic E-state index is 13.1. The van der Waals surface area contributed by atoms with E-state index in [-0.39, 0.29) is 46.6 Å². The van der Waals surface area contributed by atoms with Gasteiger partial charge in [0.25, 0.3) is 5.91 Å². The van der Waals surface area contributed by atoms with Crippen LogP contribution in [0.3, 0.4) is 0 Å². The number of halogens is 2. The van der Waals surface area contributed by atoms with E-state index in [4.69, 9.17) is 11.6 Å². The van der Waals surface area contributed by atoms with Crippen molar-refractivity contribution in [1.29, 1.82) is 0 Å². The Balaban J connectivity index is 0.00000400. The van der Waals surface area contributed by atoms with Gasteiger partial charge in [-0.2, -0.15) is 0 Å². The number of nitrogens with zero attached hydrogens (tertiary/aromatic N) is 4. The Hall–Kier alpha value is -2.91. The molecule has 3 aromatic rings. The van der Waals surface area contributed by atoms with Gasteiger partial charge in [0.2, 0.25) is 5.91 Å². The van der Waals surface area contributed by atoms with Crippen molar-refractivity contribution in [3.63, 3.8) is 0 Å². The summed E-state index contributed by atoms with van der Waals surface area (Å²) >= 11 is 7.06. The first-order chi connectivity index (χ1) is 17.6. The van der Waals surface area contributed by atoms with Crippen LogP contribution < -0.4 is 44.5 Å². The SMILES string of the molecule is CN(C)C(=O)[C@H]1CC[C@H](NC(=O)C(=O)Nc2ccc(Cl)cn2)[C@H](NC(=O)c2nc3cc[n+](C)cc3s2)C1.[I-]. The van der Waals surface area contributed by atoms with Crippen molar-refractivity contribution in [2.24, 2.45) is 13.0 Å². The minimum Gasteiger partial charge on any atom is -1.00 e. The molecule has 0 aliphatic heterocycles. The number of carbonyl (C=O) groups excluding carboxylic acids is 4. The van der Waals surface area contributed by atoms with Crippen molar-refractivity contribution in [2.45, 2.75) is 31.3 Å². The van der Waals surface area contributed by atoms with E-state index in [1.54, 1.807) is 20.2 Å². The lowest BCUT2D eigenvalue weighted by atomic mass is 9.81. The quantitative estimate of drug-likeness (QED) is 0.168. The van der Waals surface area contributed by atoms with Gasteiger partial charge in [0.05, 0.1) is 16.6 Å². The smallest absolute Gasteiger partial charge is 0.314 e. The van der Waals surface area contributed by atoms with E-state index in [1.165, 1.54) is 28.5 Å². The number of pyridine rings is 2. The first-order valence-corrected chi connectivity index (χ1v) is 12.8. The van der Waals surface area contributed by atoms with Crippen LogP contribution in [0, 0.1) is 5.92 Å². The lowest BCUT2D eigenvalue weighted by Gasteiger charge is -2.37. The summed E-state index contributed by atoms with van der Waals surface area (Å²) in [4.78, 5) is 60.8. The van der Waals surface area contributed by atoms with E-state index in [0.29, 0.717) is 29.8 Å². The Bertz CT molecular complexity index is 1350. The van der Waals surface area contributed by atoms with Gasteiger partial charge in [-0.15, -0.1) is 11.3 Å². The molecule has 3 atom stereocenters. The molecule has 4 rings (SSSR count). The zero-order valence-corrected chi connectivity index (χ0v) is 24.6. The highest BCUT2D eigenvalue weighted by Crippen LogP contribution is 2.27. The maximum absolute atomic E-state index is 13.1. The van der Waals surface area contributed by atoms with E-state index in [2.05, 4.69) is 25.9 Å². The third kappa shape index (κ3) is 7.14. The summed E-state index contributed by atoms with van der Waals surface area (Å²) in [5.74, 6) is -2.37. The molecule has 1 aliphatic carbocycles. The lowest BCUT2D eigenvalue weighted by molar-refractivity contribution is -0.670. The molecule has 0 aromatic carbocycles. The highest BCUT2D eigenvalue weighted by Gasteiger charge is 2.37. The number of aryl methyl sites for hydroxylation is 1. The van der Waals surface area contributed by atoms with Gasteiger partial charge in [0.15, 0.2) is 17.4 Å². The predicted octanol–water partition coefficient (Wildman–Crippen LogP) is -1.72. The molecule has 3 N–H and O–H groups in total. The summed E-state index contributed by atoms with van der Waals surface area (Å²) in [6.45, 7) is 0. The Labute approximate surface area is 245 Å². The highest BCUT2D eigenvalue weighted by molar-refractivity contribution is 7.20. The Morgan fingerprint density at radius 2 is 1.84 bits per heavy atom. The molecule has 14 heteroatoms. The molecule has 0 spiro atoms. The van der Waals surface area contributed by atoms with Crippen molar-refractivity contribution >= 4 is 62.6 Å². The lowest BCUT2D eigenvalue weighted by Crippen LogP contribution is -3.00. The molecule has 3 aromatic heterocycles. The van der Waals surface area contributed by atoms with Gasteiger partial charge < -0.3 is 44.8 Å². The molecule has 0 radical (unpaired) electrons. The first-order valence-electron chi connectivity index (χ1n) is 11.6. The predicted molar refractivity (Wildman–Crippen MR) is 138 cm³/mol. The average molecular weight is 672 g/mol. The molecule has 11 nitrogen and oxygen atoms in total. The summed E-state index contributed by atoms with van der Waals surface area (Å²) in [6, 6.07) is 3.71. The Kier molecular flexibility index (Phi) is 9.95. The van der Waals surface area contributed by atoms with Gasteiger partial charge in [-0.3, -0.25) is 19.2 Å². The zero-order valence-electron chi connectivity index (χ0n) is 20.9. The molecule has 0 unspecified atom stereocenters. The zero-order chi connectivity index (χ0) is 26.7. The third-order valence-electron chi connectivity index (χ3n) is 6.11. The molecule has 4 amide bonds. The summed E-state index contributed by atoms with van der Waals surface area (Å²) in [5.41, 5.74) is 0.704. The van der Waals surface area contributed by atoms with Gasteiger partial charge in [-0.1, -0.05) is 11.6 Å². The topological polar surface area (TPSA) is 137 Å². The molecule has 3 heterocycles. The number of fused-ring (bicyclic) bond motifs is 1. The van der Waals surface area contributed by atoms with Crippen LogP contribution >= 0.6 is 22.9 Å². The van der Waals surface area contributed by atoms with Crippen LogP contribution in [0.5, 0.6) is 0 Å². The summed E-state index contributed by atoms with van der Waals surface area (Å²) in [7, 11) is 5.25. The van der Waals surface area contributed by atoms with Crippen molar-refractivity contribution in [2.75, 3.05) is 19.4 Å². The van der Waals surface area contributed by atoms with Crippen LogP contribution in [-0.2, 0) is 21.4 Å². The molecule has 0 saturated heterocycles. The van der Waals surface area contributed by atoms with E-state index < -0.39 is 29.8 Å². The Morgan fingerprint density at radius 3 is 2.53 bits per heavy atom. The molecular weight excluding hydrogens is 645 g/mol. The van der Waals surface area contributed by atoms with Crippen molar-refractivity contribution in [3.8, 4) is 0 Å². The second-order valence-corrected chi connectivity index (χ2v) is 10.6. The van der Waals surface area contributed by atoms with Crippen LogP contribution in [0.25, 0.3) is 10.2 Å². The number of aromatic nitrogens is 3. The van der Waals surface area contributed by atoms with Gasteiger partial charge >= 0.3 is 11.8 Å². The van der Waals surface area contributed by atoms with Crippen LogP contribution in [0.1, 0.15) is 29.1 Å². The van der Waals surface area contributed by atoms with Crippen molar-refractivity contribution < 1.29 is 47.7 Å². The van der Waals surface area contributed by atoms with Crippen molar-refractivity contribution in [1.82, 2.24) is 25.5 Å². The number of carbonyl (C=O) groups is 4. The fourth-order valence-electron chi connectivity index (χ4n) is 4.25. The number of anilines is 1. The fourth-order valence-corrected chi connectivity index (χ4v) is 5.30. The summed E-state index contributed by atoms with van der Waals surface area (Å²) in [5, 5.41) is 8.75. The monoisotopic (exact) mass is 671 g/mol. The maximum Gasteiger partial charge on any atom is 0.314 e. The van der Waals surface area contributed by atoms with Crippen LogP contribution in [0.4, 0.5) is 5.82 Å². The molecule has 1 fully saturated rings. The number of nitrogens with one attached hydrogen (secondary N) is 3. The summed E-state index contributed by atoms with van der Waals surface area (Å²) < 4.78 is 2.73. The highest BCUT2D eigenvalue weighted by atomic mass is 127. The van der Waals surface area contributed by atoms with E-state index in [0.717, 1.165) is 4.70 Å². The number of amides is 4. The molecule has 0 bridgehead atoms. The normalized spacial score (nSPS) is 18.7. The molecular formula is C24H27ClIN7O4S. The van der Waals surface area contributed by atoms with Gasteiger partial charge in [0, 0.05) is 38.3 Å². The minimum absolute atomic E-state index is 0. The molecule has 38 heavy (non-hydrogen) atoms. The van der Waals surface area contributed by atoms with Crippen LogP contribution in [0.15, 0.2) is 36.8 Å². The second kappa shape index (κ2) is 12.8. The summed E-state index contributed by atoms with van der Waals surface area (Å²) in [6.07, 6.45) is 6.31. The van der Waals surface area contributed by atoms with Crippen LogP contribution in [-0.4, -0.2) is 64.7 Å². The molecule has 1 saturated carbocycles. The average Bonchev–Trinajstić information content (AvgIpc) is 3.29. The van der Waals surface area contributed by atoms with Crippen LogP contribution in [0.2, 0.25) is 5.02 Å². The van der Waals surface area contributed by atoms with Gasteiger partial charge in [-0.25, -0.2) is 14.5 Å². The third-order valence-corrected chi connectivity index (χ3v) is 7.34. The van der Waals surface area contributed by atoms with E-state index >= 15 is 0 Å². The van der Waals surface area contributed by atoms with Gasteiger partial charge in [0.1, 0.15) is 17.6 Å². The van der Waals surface area contributed by atoms with E-state index in [1.807, 2.05) is 30.1 Å². The number of rotatable bonds is 5. The number of thiazole rings is 1. The first kappa shape index (κ1) is 29.6. The molecule has 1 aliphatic rings. The van der Waals surface area contributed by atoms with Gasteiger partial charge in [-0.05, 0) is 31.4 Å². The van der Waals surface area contributed by atoms with Crippen molar-refractivity contribution in [3.05, 3.63) is 46.8 Å². The Morgan fingerprint density at radius 1 is 1.08 bits per heavy atom. The largest absolute Gasteiger partial charge is 1.00 e. The number of hydrogen-bond donors (Lipinski definition) is 3. The molecule has 202 valence electrons. The fraction of sp³-hybridized carbons (Fsp3) is 0.375. The minimum atomic E-state index is -0.898. The number of hydrogen-bond acceptors (Lipinski definition) is 7. The standard InChI is InChI=1S/C24H26ClN7O4S.HI/c1-31(2)24(36)13-4-6-15(27-20(33)21(34)30-19-7-5-14(25)11-26-19)17(10-13)28-22(35)23-29-16-8-9-32(3)12-18(16)37-23;/h5,7-9,11-13,15,17H,4,6,10H2,1-3H3,(H2-,26,27,28,30,33,34,35);1H/t13-,15-,17+;/m0./s1. The second-order valence-electron chi connectivity index (χ2n) is 9.10. The van der Waals surface area contributed by atoms with E-state index in [9.17, 15) is 19.2 Å².